The van der Waals surface area contributed by atoms with Crippen LogP contribution >= 0.6 is 0 Å². The number of benzene rings is 8. The Kier molecular flexibility index (Phi) is 9.48. The second-order valence-corrected chi connectivity index (χ2v) is 16.8. The van der Waals surface area contributed by atoms with E-state index in [1.807, 2.05) is 30.3 Å². The zero-order chi connectivity index (χ0) is 41.5. The Balaban J connectivity index is 0.891. The standard InChI is InChI=1S/C59H43N3/c60-39-40-20-30-52-53-31-29-51(37-55(53)59(54(52)34-40)32-8-3-9-33-59)50-19-11-18-49(36-50)48-17-10-16-47(35-48)43-23-27-45(28-24-43)57-38-56(61-58(62-57)46-14-6-2-7-15-46)44-25-21-42(22-26-44)41-12-4-1-5-13-41/h1-2,4-7,10-31,34-38H,3,8-9,32-33H2. The van der Waals surface area contributed by atoms with Gasteiger partial charge in [0.25, 0.3) is 0 Å². The third-order valence-electron chi connectivity index (χ3n) is 13.1. The summed E-state index contributed by atoms with van der Waals surface area (Å²) >= 11 is 0. The van der Waals surface area contributed by atoms with Gasteiger partial charge in [0, 0.05) is 22.1 Å². The van der Waals surface area contributed by atoms with Gasteiger partial charge in [-0.1, -0.05) is 183 Å². The first-order valence-corrected chi connectivity index (χ1v) is 21.7. The van der Waals surface area contributed by atoms with Gasteiger partial charge in [-0.2, -0.15) is 5.26 Å². The van der Waals surface area contributed by atoms with Crippen molar-refractivity contribution in [2.24, 2.45) is 0 Å². The summed E-state index contributed by atoms with van der Waals surface area (Å²) in [5.41, 5.74) is 20.5. The molecule has 62 heavy (non-hydrogen) atoms. The Morgan fingerprint density at radius 3 is 1.34 bits per heavy atom. The molecule has 0 bridgehead atoms. The maximum absolute atomic E-state index is 9.78. The van der Waals surface area contributed by atoms with Crippen molar-refractivity contribution < 1.29 is 0 Å². The maximum atomic E-state index is 9.78. The highest BCUT2D eigenvalue weighted by molar-refractivity contribution is 5.86. The number of rotatable bonds is 7. The topological polar surface area (TPSA) is 49.6 Å². The maximum Gasteiger partial charge on any atom is 0.160 e. The van der Waals surface area contributed by atoms with Crippen LogP contribution in [0.25, 0.3) is 89.5 Å². The molecule has 1 fully saturated rings. The third kappa shape index (κ3) is 6.81. The van der Waals surface area contributed by atoms with Gasteiger partial charge in [0.15, 0.2) is 5.82 Å². The highest BCUT2D eigenvalue weighted by atomic mass is 14.9. The van der Waals surface area contributed by atoms with Crippen molar-refractivity contribution in [2.45, 2.75) is 37.5 Å². The lowest BCUT2D eigenvalue weighted by Crippen LogP contribution is -2.28. The first kappa shape index (κ1) is 37.3. The largest absolute Gasteiger partial charge is 0.228 e. The molecule has 0 unspecified atom stereocenters. The van der Waals surface area contributed by atoms with Gasteiger partial charge in [0.05, 0.1) is 23.0 Å². The summed E-state index contributed by atoms with van der Waals surface area (Å²) < 4.78 is 0. The minimum atomic E-state index is -0.0116. The average Bonchev–Trinajstić information content (AvgIpc) is 3.61. The molecule has 8 aromatic carbocycles. The van der Waals surface area contributed by atoms with Crippen LogP contribution in [0.1, 0.15) is 48.8 Å². The van der Waals surface area contributed by atoms with Crippen molar-refractivity contribution in [3.63, 3.8) is 0 Å². The molecular weight excluding hydrogens is 751 g/mol. The number of nitrogens with zero attached hydrogens (tertiary/aromatic N) is 3. The average molecular weight is 794 g/mol. The van der Waals surface area contributed by atoms with Crippen molar-refractivity contribution in [3.05, 3.63) is 217 Å². The van der Waals surface area contributed by atoms with Crippen LogP contribution < -0.4 is 0 Å². The van der Waals surface area contributed by atoms with E-state index in [1.54, 1.807) is 0 Å². The quantitative estimate of drug-likeness (QED) is 0.161. The fourth-order valence-corrected chi connectivity index (χ4v) is 9.95. The number of hydrogen-bond donors (Lipinski definition) is 0. The van der Waals surface area contributed by atoms with Gasteiger partial charge in [0.1, 0.15) is 0 Å². The molecule has 0 saturated heterocycles. The first-order chi connectivity index (χ1) is 30.6. The van der Waals surface area contributed by atoms with E-state index in [0.717, 1.165) is 57.6 Å². The molecule has 1 aromatic heterocycles. The summed E-state index contributed by atoms with van der Waals surface area (Å²) in [7, 11) is 0. The predicted molar refractivity (Wildman–Crippen MR) is 254 cm³/mol. The second-order valence-electron chi connectivity index (χ2n) is 16.8. The molecule has 11 rings (SSSR count). The zero-order valence-electron chi connectivity index (χ0n) is 34.4. The van der Waals surface area contributed by atoms with Crippen LogP contribution in [0, 0.1) is 11.3 Å². The second kappa shape index (κ2) is 15.7. The monoisotopic (exact) mass is 793 g/mol. The van der Waals surface area contributed by atoms with E-state index in [9.17, 15) is 5.26 Å². The molecule has 0 amide bonds. The number of hydrogen-bond acceptors (Lipinski definition) is 3. The van der Waals surface area contributed by atoms with Crippen LogP contribution in [0.4, 0.5) is 0 Å². The van der Waals surface area contributed by atoms with E-state index in [2.05, 4.69) is 176 Å². The normalized spacial score (nSPS) is 13.6. The molecule has 3 heteroatoms. The Morgan fingerprint density at radius 2 is 0.774 bits per heavy atom. The summed E-state index contributed by atoms with van der Waals surface area (Å²) in [6.07, 6.45) is 5.99. The van der Waals surface area contributed by atoms with E-state index >= 15 is 0 Å². The highest BCUT2D eigenvalue weighted by Crippen LogP contribution is 2.56. The van der Waals surface area contributed by atoms with E-state index in [4.69, 9.17) is 9.97 Å². The lowest BCUT2D eigenvalue weighted by atomic mass is 9.67. The van der Waals surface area contributed by atoms with Gasteiger partial charge < -0.3 is 0 Å². The Morgan fingerprint density at radius 1 is 0.355 bits per heavy atom. The van der Waals surface area contributed by atoms with Crippen molar-refractivity contribution in [1.29, 1.82) is 5.26 Å². The molecule has 0 radical (unpaired) electrons. The summed E-state index contributed by atoms with van der Waals surface area (Å²) in [6, 6.07) is 73.8. The van der Waals surface area contributed by atoms with Crippen molar-refractivity contribution >= 4 is 0 Å². The van der Waals surface area contributed by atoms with Gasteiger partial charge >= 0.3 is 0 Å². The molecule has 3 nitrogen and oxygen atoms in total. The molecule has 0 aliphatic heterocycles. The predicted octanol–water partition coefficient (Wildman–Crippen LogP) is 15.2. The van der Waals surface area contributed by atoms with Crippen LogP contribution in [0.15, 0.2) is 200 Å². The van der Waals surface area contributed by atoms with Crippen molar-refractivity contribution in [1.82, 2.24) is 9.97 Å². The van der Waals surface area contributed by atoms with Crippen LogP contribution in [-0.4, -0.2) is 9.97 Å². The van der Waals surface area contributed by atoms with E-state index in [0.29, 0.717) is 5.82 Å². The van der Waals surface area contributed by atoms with Crippen LogP contribution in [-0.2, 0) is 5.41 Å². The molecule has 0 atom stereocenters. The molecule has 1 heterocycles. The minimum absolute atomic E-state index is 0.0116. The fraction of sp³-hybridized carbons (Fsp3) is 0.102. The SMILES string of the molecule is N#Cc1ccc2c(c1)C1(CCCCC1)c1cc(-c3cccc(-c4cccc(-c5ccc(-c6cc(-c7ccc(-c8ccccc8)cc7)nc(-c7ccccc7)n6)cc5)c4)c3)ccc1-2. The molecule has 1 spiro atoms. The molecule has 1 saturated carbocycles. The van der Waals surface area contributed by atoms with Gasteiger partial charge in [0.2, 0.25) is 0 Å². The number of nitriles is 1. The summed E-state index contributed by atoms with van der Waals surface area (Å²) in [5, 5.41) is 9.78. The molecule has 0 N–H and O–H groups in total. The highest BCUT2D eigenvalue weighted by Gasteiger charge is 2.44. The third-order valence-corrected chi connectivity index (χ3v) is 13.1. The number of fused-ring (bicyclic) bond motifs is 5. The molecule has 2 aliphatic carbocycles. The van der Waals surface area contributed by atoms with Crippen molar-refractivity contribution in [2.75, 3.05) is 0 Å². The van der Waals surface area contributed by atoms with Gasteiger partial charge in [-0.15, -0.1) is 0 Å². The summed E-state index contributed by atoms with van der Waals surface area (Å²) in [4.78, 5) is 10.2. The Labute approximate surface area is 363 Å². The van der Waals surface area contributed by atoms with Gasteiger partial charge in [-0.05, 0) is 116 Å². The Bertz CT molecular complexity index is 3140. The molecular formula is C59H43N3. The fourth-order valence-electron chi connectivity index (χ4n) is 9.95. The molecule has 294 valence electrons. The zero-order valence-corrected chi connectivity index (χ0v) is 34.4. The Hall–Kier alpha value is -7.67. The van der Waals surface area contributed by atoms with E-state index in [-0.39, 0.29) is 5.41 Å². The lowest BCUT2D eigenvalue weighted by Gasteiger charge is -2.36. The van der Waals surface area contributed by atoms with Crippen molar-refractivity contribution in [3.8, 4) is 95.6 Å². The van der Waals surface area contributed by atoms with Crippen LogP contribution in [0.3, 0.4) is 0 Å². The van der Waals surface area contributed by atoms with Crippen LogP contribution in [0.5, 0.6) is 0 Å². The summed E-state index contributed by atoms with van der Waals surface area (Å²) in [5.74, 6) is 0.705. The summed E-state index contributed by atoms with van der Waals surface area (Å²) in [6.45, 7) is 0. The smallest absolute Gasteiger partial charge is 0.160 e. The minimum Gasteiger partial charge on any atom is -0.228 e. The first-order valence-electron chi connectivity index (χ1n) is 21.7. The van der Waals surface area contributed by atoms with E-state index < -0.39 is 0 Å². The van der Waals surface area contributed by atoms with Gasteiger partial charge in [-0.25, -0.2) is 9.97 Å². The number of aromatic nitrogens is 2. The molecule has 9 aromatic rings. The lowest BCUT2D eigenvalue weighted by molar-refractivity contribution is 0.353. The van der Waals surface area contributed by atoms with Gasteiger partial charge in [-0.3, -0.25) is 0 Å². The molecule has 2 aliphatic rings. The van der Waals surface area contributed by atoms with Crippen LogP contribution in [0.2, 0.25) is 0 Å². The van der Waals surface area contributed by atoms with E-state index in [1.165, 1.54) is 74.9 Å².